The van der Waals surface area contributed by atoms with E-state index in [1.54, 1.807) is 0 Å². The van der Waals surface area contributed by atoms with E-state index in [1.807, 2.05) is 4.90 Å². The quantitative estimate of drug-likeness (QED) is 0.607. The molecule has 7 heteroatoms. The lowest BCUT2D eigenvalue weighted by Gasteiger charge is -2.27. The Morgan fingerprint density at radius 2 is 1.80 bits per heavy atom. The van der Waals surface area contributed by atoms with Crippen LogP contribution in [0.1, 0.15) is 19.3 Å². The van der Waals surface area contributed by atoms with Crippen LogP contribution in [-0.2, 0) is 0 Å². The predicted molar refractivity (Wildman–Crippen MR) is 74.7 cm³/mol. The van der Waals surface area contributed by atoms with E-state index < -0.39 is 11.6 Å². The molecule has 1 saturated heterocycles. The van der Waals surface area contributed by atoms with E-state index in [2.05, 4.69) is 9.98 Å². The molecule has 1 aromatic rings. The van der Waals surface area contributed by atoms with Crippen molar-refractivity contribution in [2.45, 2.75) is 19.3 Å². The Morgan fingerprint density at radius 1 is 1.10 bits per heavy atom. The molecule has 0 spiro atoms. The number of aliphatic imine (C=N–C) groups is 2. The molecule has 0 atom stereocenters. The lowest BCUT2D eigenvalue weighted by atomic mass is 10.1. The first-order chi connectivity index (χ1) is 9.56. The van der Waals surface area contributed by atoms with Crippen molar-refractivity contribution in [3.8, 4) is 0 Å². The molecule has 108 valence electrons. The minimum atomic E-state index is -0.792. The minimum absolute atomic E-state index is 0.0703. The van der Waals surface area contributed by atoms with Crippen molar-refractivity contribution < 1.29 is 8.78 Å². The van der Waals surface area contributed by atoms with Crippen molar-refractivity contribution in [3.63, 3.8) is 0 Å². The maximum atomic E-state index is 13.4. The molecule has 0 radical (unpaired) electrons. The van der Waals surface area contributed by atoms with Crippen LogP contribution in [-0.4, -0.2) is 29.9 Å². The van der Waals surface area contributed by atoms with Crippen LogP contribution in [0.2, 0.25) is 0 Å². The van der Waals surface area contributed by atoms with Crippen molar-refractivity contribution >= 4 is 17.6 Å². The summed E-state index contributed by atoms with van der Waals surface area (Å²) < 4.78 is 26.2. The second kappa shape index (κ2) is 6.31. The largest absolute Gasteiger partial charge is 0.369 e. The van der Waals surface area contributed by atoms with Gasteiger partial charge in [-0.1, -0.05) is 0 Å². The molecule has 1 heterocycles. The zero-order valence-electron chi connectivity index (χ0n) is 11.0. The van der Waals surface area contributed by atoms with Crippen LogP contribution < -0.4 is 11.5 Å². The molecular formula is C13H17F2N5. The fourth-order valence-corrected chi connectivity index (χ4v) is 2.03. The maximum absolute atomic E-state index is 13.4. The standard InChI is InChI=1S/C13H17F2N5/c14-9-4-5-11(10(15)8-9)18-12(16)19-13(17)20-6-2-1-3-7-20/h4-5,8H,1-3,6-7H2,(H4,16,17,18,19). The molecular weight excluding hydrogens is 264 g/mol. The third kappa shape index (κ3) is 3.66. The summed E-state index contributed by atoms with van der Waals surface area (Å²) in [5.74, 6) is -1.34. The molecule has 0 bridgehead atoms. The van der Waals surface area contributed by atoms with E-state index in [9.17, 15) is 8.78 Å². The molecule has 1 aliphatic rings. The zero-order valence-corrected chi connectivity index (χ0v) is 11.0. The third-order valence-electron chi connectivity index (χ3n) is 3.05. The Balaban J connectivity index is 2.13. The lowest BCUT2D eigenvalue weighted by Crippen LogP contribution is -2.41. The summed E-state index contributed by atoms with van der Waals surface area (Å²) in [5.41, 5.74) is 11.4. The first-order valence-corrected chi connectivity index (χ1v) is 6.44. The van der Waals surface area contributed by atoms with Crippen molar-refractivity contribution in [2.75, 3.05) is 13.1 Å². The second-order valence-electron chi connectivity index (χ2n) is 4.58. The van der Waals surface area contributed by atoms with Gasteiger partial charge < -0.3 is 16.4 Å². The number of benzene rings is 1. The first-order valence-electron chi connectivity index (χ1n) is 6.44. The van der Waals surface area contributed by atoms with Crippen molar-refractivity contribution in [1.29, 1.82) is 0 Å². The highest BCUT2D eigenvalue weighted by molar-refractivity contribution is 5.94. The molecule has 0 amide bonds. The zero-order chi connectivity index (χ0) is 14.5. The molecule has 0 unspecified atom stereocenters. The van der Waals surface area contributed by atoms with Gasteiger partial charge in [-0.05, 0) is 31.4 Å². The van der Waals surface area contributed by atoms with E-state index in [1.165, 1.54) is 12.5 Å². The highest BCUT2D eigenvalue weighted by atomic mass is 19.1. The van der Waals surface area contributed by atoms with Crippen LogP contribution in [0.3, 0.4) is 0 Å². The molecule has 4 N–H and O–H groups in total. The van der Waals surface area contributed by atoms with E-state index in [0.717, 1.165) is 38.1 Å². The molecule has 0 saturated carbocycles. The van der Waals surface area contributed by atoms with E-state index in [-0.39, 0.29) is 17.6 Å². The van der Waals surface area contributed by atoms with E-state index in [0.29, 0.717) is 0 Å². The predicted octanol–water partition coefficient (Wildman–Crippen LogP) is 1.71. The Bertz CT molecular complexity index is 536. The van der Waals surface area contributed by atoms with Gasteiger partial charge in [-0.3, -0.25) is 0 Å². The fraction of sp³-hybridized carbons (Fsp3) is 0.385. The van der Waals surface area contributed by atoms with Gasteiger partial charge in [0, 0.05) is 19.2 Å². The highest BCUT2D eigenvalue weighted by Gasteiger charge is 2.12. The second-order valence-corrected chi connectivity index (χ2v) is 4.58. The average Bonchev–Trinajstić information content (AvgIpc) is 2.43. The fourth-order valence-electron chi connectivity index (χ4n) is 2.03. The summed E-state index contributed by atoms with van der Waals surface area (Å²) in [6.07, 6.45) is 3.29. The Kier molecular flexibility index (Phi) is 4.49. The maximum Gasteiger partial charge on any atom is 0.223 e. The van der Waals surface area contributed by atoms with Crippen LogP contribution in [0.15, 0.2) is 28.2 Å². The minimum Gasteiger partial charge on any atom is -0.369 e. The molecule has 1 aliphatic heterocycles. The van der Waals surface area contributed by atoms with E-state index >= 15 is 0 Å². The van der Waals surface area contributed by atoms with Crippen LogP contribution in [0.25, 0.3) is 0 Å². The Labute approximate surface area is 116 Å². The summed E-state index contributed by atoms with van der Waals surface area (Å²) >= 11 is 0. The third-order valence-corrected chi connectivity index (χ3v) is 3.05. The molecule has 1 aromatic carbocycles. The summed E-state index contributed by atoms with van der Waals surface area (Å²) in [6.45, 7) is 1.65. The van der Waals surface area contributed by atoms with Gasteiger partial charge in [0.2, 0.25) is 5.96 Å². The van der Waals surface area contributed by atoms with E-state index in [4.69, 9.17) is 11.5 Å². The van der Waals surface area contributed by atoms with Crippen LogP contribution >= 0.6 is 0 Å². The summed E-state index contributed by atoms with van der Waals surface area (Å²) in [5, 5.41) is 0. The molecule has 5 nitrogen and oxygen atoms in total. The number of likely N-dealkylation sites (tertiary alicyclic amines) is 1. The number of hydrogen-bond acceptors (Lipinski definition) is 1. The normalized spacial score (nSPS) is 17.4. The number of hydrogen-bond donors (Lipinski definition) is 2. The molecule has 2 rings (SSSR count). The Hall–Kier alpha value is -2.18. The molecule has 1 fully saturated rings. The van der Waals surface area contributed by atoms with Crippen LogP contribution in [0.5, 0.6) is 0 Å². The number of piperidine rings is 1. The highest BCUT2D eigenvalue weighted by Crippen LogP contribution is 2.18. The monoisotopic (exact) mass is 281 g/mol. The number of halogens is 2. The van der Waals surface area contributed by atoms with Gasteiger partial charge in [0.25, 0.3) is 0 Å². The number of guanidine groups is 2. The van der Waals surface area contributed by atoms with Crippen molar-refractivity contribution in [2.24, 2.45) is 21.5 Å². The SMILES string of the molecule is NC(=Nc1ccc(F)cc1F)/N=C(/N)N1CCCCC1. The van der Waals surface area contributed by atoms with Gasteiger partial charge in [-0.25, -0.2) is 13.8 Å². The van der Waals surface area contributed by atoms with Gasteiger partial charge in [0.15, 0.2) is 11.8 Å². The topological polar surface area (TPSA) is 80.0 Å². The smallest absolute Gasteiger partial charge is 0.223 e. The van der Waals surface area contributed by atoms with Gasteiger partial charge >= 0.3 is 0 Å². The van der Waals surface area contributed by atoms with Gasteiger partial charge in [-0.15, -0.1) is 0 Å². The lowest BCUT2D eigenvalue weighted by molar-refractivity contribution is 0.339. The van der Waals surface area contributed by atoms with Gasteiger partial charge in [0.05, 0.1) is 0 Å². The number of nitrogens with two attached hydrogens (primary N) is 2. The number of rotatable bonds is 1. The summed E-state index contributed by atoms with van der Waals surface area (Å²) in [7, 11) is 0. The molecule has 0 aromatic heterocycles. The summed E-state index contributed by atoms with van der Waals surface area (Å²) in [4.78, 5) is 9.65. The average molecular weight is 281 g/mol. The van der Waals surface area contributed by atoms with Crippen LogP contribution in [0.4, 0.5) is 14.5 Å². The first kappa shape index (κ1) is 14.2. The van der Waals surface area contributed by atoms with Gasteiger partial charge in [-0.2, -0.15) is 4.99 Å². The van der Waals surface area contributed by atoms with Gasteiger partial charge in [0.1, 0.15) is 11.5 Å². The Morgan fingerprint density at radius 3 is 2.45 bits per heavy atom. The number of nitrogens with zero attached hydrogens (tertiary/aromatic N) is 3. The molecule has 0 aliphatic carbocycles. The molecule has 20 heavy (non-hydrogen) atoms. The summed E-state index contributed by atoms with van der Waals surface area (Å²) in [6, 6.07) is 3.04. The van der Waals surface area contributed by atoms with Crippen molar-refractivity contribution in [3.05, 3.63) is 29.8 Å². The van der Waals surface area contributed by atoms with Crippen molar-refractivity contribution in [1.82, 2.24) is 4.90 Å². The van der Waals surface area contributed by atoms with Crippen LogP contribution in [0, 0.1) is 11.6 Å².